The average molecular weight is 757 g/mol. The highest BCUT2D eigenvalue weighted by molar-refractivity contribution is 6.53. The lowest BCUT2D eigenvalue weighted by Gasteiger charge is -2.38. The number of carbonyl (C=O) groups is 3. The van der Waals surface area contributed by atoms with Crippen molar-refractivity contribution in [3.8, 4) is 11.5 Å². The van der Waals surface area contributed by atoms with Gasteiger partial charge in [-0.2, -0.15) is 0 Å². The van der Waals surface area contributed by atoms with Gasteiger partial charge in [-0.3, -0.25) is 19.0 Å². The minimum atomic E-state index is -0.968. The molecule has 0 unspecified atom stereocenters. The number of benzene rings is 3. The van der Waals surface area contributed by atoms with E-state index in [1.807, 2.05) is 73.7 Å². The van der Waals surface area contributed by atoms with E-state index in [2.05, 4.69) is 22.3 Å². The highest BCUT2D eigenvalue weighted by Gasteiger charge is 2.46. The maximum absolute atomic E-state index is 13.9. The van der Waals surface area contributed by atoms with E-state index < -0.39 is 23.2 Å². The second kappa shape index (κ2) is 15.4. The SMILES string of the molecule is CN(CCCn1c(=O)oc2cc(CNC[C@H](O)C3=C4C=CC(=O)N=C4C(=O)C=C3)ccc21)C1CCC(OC(=O)C2(C)c3ccccc3Oc3ccccc32)CC1. The Morgan fingerprint density at radius 2 is 1.70 bits per heavy atom. The number of aliphatic imine (C=N–C) groups is 1. The Morgan fingerprint density at radius 1 is 0.982 bits per heavy atom. The molecule has 4 aliphatic rings. The third-order valence-corrected chi connectivity index (χ3v) is 11.5. The molecule has 1 fully saturated rings. The molecule has 288 valence electrons. The van der Waals surface area contributed by atoms with Crippen molar-refractivity contribution < 1.29 is 33.4 Å². The number of para-hydroxylation sites is 2. The Bertz CT molecular complexity index is 2350. The minimum absolute atomic E-state index is 0.0489. The summed E-state index contributed by atoms with van der Waals surface area (Å²) in [5, 5.41) is 14.1. The molecule has 1 saturated carbocycles. The molecule has 3 aromatic carbocycles. The van der Waals surface area contributed by atoms with Crippen LogP contribution in [0.1, 0.15) is 55.7 Å². The maximum Gasteiger partial charge on any atom is 0.419 e. The zero-order valence-corrected chi connectivity index (χ0v) is 31.4. The quantitative estimate of drug-likeness (QED) is 0.144. The molecule has 1 aromatic heterocycles. The molecule has 56 heavy (non-hydrogen) atoms. The fourth-order valence-corrected chi connectivity index (χ4v) is 8.34. The fourth-order valence-electron chi connectivity index (χ4n) is 8.34. The summed E-state index contributed by atoms with van der Waals surface area (Å²) in [4.78, 5) is 56.8. The van der Waals surface area contributed by atoms with Gasteiger partial charge in [-0.25, -0.2) is 9.79 Å². The number of carbonyl (C=O) groups excluding carboxylic acids is 3. The molecule has 1 amide bonds. The van der Waals surface area contributed by atoms with Gasteiger partial charge in [0.25, 0.3) is 5.91 Å². The van der Waals surface area contributed by atoms with Gasteiger partial charge in [0, 0.05) is 48.5 Å². The van der Waals surface area contributed by atoms with Crippen LogP contribution >= 0.6 is 0 Å². The van der Waals surface area contributed by atoms with Crippen LogP contribution in [0.3, 0.4) is 0 Å². The molecule has 4 aromatic rings. The van der Waals surface area contributed by atoms with E-state index in [1.54, 1.807) is 10.6 Å². The van der Waals surface area contributed by atoms with Gasteiger partial charge >= 0.3 is 11.7 Å². The smallest absolute Gasteiger partial charge is 0.419 e. The van der Waals surface area contributed by atoms with E-state index in [9.17, 15) is 24.3 Å². The fraction of sp³-hybridized carbons (Fsp3) is 0.341. The summed E-state index contributed by atoms with van der Waals surface area (Å²) in [6, 6.07) is 21.3. The van der Waals surface area contributed by atoms with Gasteiger partial charge < -0.3 is 29.2 Å². The number of esters is 1. The standard InChI is InChI=1S/C44H44N4O8/c1-44(32-8-3-5-10-37(32)55-38-11-6-4-9-33(38)44)42(52)54-29-15-13-28(14-16-29)47(2)22-7-23-48-34-19-12-27(24-39(34)56-43(48)53)25-45-26-36(50)30-17-20-35(49)41-31(30)18-21-40(51)46-41/h3-6,8-12,17-21,24,28-29,36,45,50H,7,13-16,22-23,25-26H2,1-2H3/t28?,29?,36-/m0/s1. The molecule has 3 heterocycles. The van der Waals surface area contributed by atoms with Crippen LogP contribution in [0.5, 0.6) is 11.5 Å². The number of ketones is 1. The molecule has 0 bridgehead atoms. The van der Waals surface area contributed by atoms with Crippen molar-refractivity contribution in [2.75, 3.05) is 20.1 Å². The Morgan fingerprint density at radius 3 is 2.43 bits per heavy atom. The number of rotatable bonds is 12. The molecule has 12 nitrogen and oxygen atoms in total. The number of aromatic nitrogens is 1. The number of aryl methyl sites for hydroxylation is 1. The predicted octanol–water partition coefficient (Wildman–Crippen LogP) is 5.31. The molecule has 1 atom stereocenters. The van der Waals surface area contributed by atoms with Crippen molar-refractivity contribution >= 4 is 34.5 Å². The van der Waals surface area contributed by atoms with Gasteiger partial charge in [-0.1, -0.05) is 48.5 Å². The molecule has 0 radical (unpaired) electrons. The Kier molecular flexibility index (Phi) is 10.3. The molecule has 2 aliphatic heterocycles. The molecular formula is C44H44N4O8. The van der Waals surface area contributed by atoms with Gasteiger partial charge in [0.2, 0.25) is 5.78 Å². The molecule has 12 heteroatoms. The van der Waals surface area contributed by atoms with E-state index >= 15 is 0 Å². The van der Waals surface area contributed by atoms with Gasteiger partial charge in [-0.05, 0) is 100 Å². The first kappa shape index (κ1) is 37.2. The number of amides is 1. The van der Waals surface area contributed by atoms with E-state index in [4.69, 9.17) is 13.9 Å². The van der Waals surface area contributed by atoms with Gasteiger partial charge in [0.1, 0.15) is 28.7 Å². The maximum atomic E-state index is 13.9. The average Bonchev–Trinajstić information content (AvgIpc) is 3.52. The van der Waals surface area contributed by atoms with E-state index in [-0.39, 0.29) is 30.1 Å². The second-order valence-electron chi connectivity index (χ2n) is 15.1. The number of nitrogens with zero attached hydrogens (tertiary/aromatic N) is 3. The van der Waals surface area contributed by atoms with Crippen molar-refractivity contribution in [1.82, 2.24) is 14.8 Å². The number of dihydropyridines is 1. The number of aliphatic hydroxyl groups excluding tert-OH is 1. The summed E-state index contributed by atoms with van der Waals surface area (Å²) in [6.45, 7) is 3.84. The zero-order chi connectivity index (χ0) is 39.0. The third-order valence-electron chi connectivity index (χ3n) is 11.5. The van der Waals surface area contributed by atoms with Crippen LogP contribution in [-0.4, -0.2) is 76.3 Å². The highest BCUT2D eigenvalue weighted by atomic mass is 16.5. The molecule has 0 spiro atoms. The first-order valence-corrected chi connectivity index (χ1v) is 19.2. The monoisotopic (exact) mass is 756 g/mol. The summed E-state index contributed by atoms with van der Waals surface area (Å²) in [7, 11) is 2.11. The van der Waals surface area contributed by atoms with Gasteiger partial charge in [0.15, 0.2) is 5.58 Å². The predicted molar refractivity (Wildman–Crippen MR) is 210 cm³/mol. The van der Waals surface area contributed by atoms with Crippen molar-refractivity contribution in [1.29, 1.82) is 0 Å². The summed E-state index contributed by atoms with van der Waals surface area (Å²) >= 11 is 0. The number of ether oxygens (including phenoxy) is 2. The van der Waals surface area contributed by atoms with Crippen molar-refractivity contribution in [3.63, 3.8) is 0 Å². The first-order chi connectivity index (χ1) is 27.1. The van der Waals surface area contributed by atoms with Crippen molar-refractivity contribution in [2.45, 2.75) is 75.8 Å². The number of oxazole rings is 1. The Balaban J connectivity index is 0.813. The largest absolute Gasteiger partial charge is 0.461 e. The Hall–Kier alpha value is -5.69. The third kappa shape index (κ3) is 7.11. The Labute approximate surface area is 323 Å². The lowest BCUT2D eigenvalue weighted by Crippen LogP contribution is -2.42. The molecule has 0 saturated heterocycles. The topological polar surface area (TPSA) is 153 Å². The highest BCUT2D eigenvalue weighted by Crippen LogP contribution is 2.49. The van der Waals surface area contributed by atoms with Crippen LogP contribution in [0.15, 0.2) is 116 Å². The van der Waals surface area contributed by atoms with Crippen molar-refractivity contribution in [3.05, 3.63) is 129 Å². The first-order valence-electron chi connectivity index (χ1n) is 19.2. The van der Waals surface area contributed by atoms with Crippen molar-refractivity contribution in [2.24, 2.45) is 4.99 Å². The molecular weight excluding hydrogens is 713 g/mol. The van der Waals surface area contributed by atoms with E-state index in [0.717, 1.165) is 60.9 Å². The van der Waals surface area contributed by atoms with Gasteiger partial charge in [-0.15, -0.1) is 0 Å². The minimum Gasteiger partial charge on any atom is -0.461 e. The lowest BCUT2D eigenvalue weighted by atomic mass is 9.74. The van der Waals surface area contributed by atoms with E-state index in [1.165, 1.54) is 18.2 Å². The molecule has 2 aliphatic carbocycles. The van der Waals surface area contributed by atoms with Crippen LogP contribution < -0.4 is 15.8 Å². The normalized spacial score (nSPS) is 20.3. The van der Waals surface area contributed by atoms with Crippen LogP contribution in [0.2, 0.25) is 0 Å². The van der Waals surface area contributed by atoms with Crippen LogP contribution in [-0.2, 0) is 37.6 Å². The summed E-state index contributed by atoms with van der Waals surface area (Å²) in [5.74, 6) is -0.179. The number of allylic oxidation sites excluding steroid dienone is 3. The van der Waals surface area contributed by atoms with Crippen LogP contribution in [0.25, 0.3) is 11.1 Å². The summed E-state index contributed by atoms with van der Waals surface area (Å²) in [5.41, 5.74) is 3.76. The van der Waals surface area contributed by atoms with Crippen LogP contribution in [0.4, 0.5) is 0 Å². The summed E-state index contributed by atoms with van der Waals surface area (Å²) in [6.07, 6.45) is 8.71. The van der Waals surface area contributed by atoms with Gasteiger partial charge in [0.05, 0.1) is 11.6 Å². The molecule has 2 N–H and O–H groups in total. The number of hydrogen-bond donors (Lipinski definition) is 2. The van der Waals surface area contributed by atoms with Crippen LogP contribution in [0, 0.1) is 0 Å². The molecule has 8 rings (SSSR count). The number of hydrogen-bond acceptors (Lipinski definition) is 10. The second-order valence-corrected chi connectivity index (χ2v) is 15.1. The summed E-state index contributed by atoms with van der Waals surface area (Å²) < 4.78 is 19.7. The van der Waals surface area contributed by atoms with E-state index in [0.29, 0.717) is 47.4 Å². The zero-order valence-electron chi connectivity index (χ0n) is 31.4. The lowest BCUT2D eigenvalue weighted by molar-refractivity contribution is -0.156. The number of fused-ring (bicyclic) bond motifs is 4. The number of nitrogens with one attached hydrogen (secondary N) is 1. The number of aliphatic hydroxyl groups is 1.